The van der Waals surface area contributed by atoms with Crippen LogP contribution in [0.3, 0.4) is 0 Å². The summed E-state index contributed by atoms with van der Waals surface area (Å²) in [4.78, 5) is 15.0. The van der Waals surface area contributed by atoms with Crippen LogP contribution in [0.25, 0.3) is 0 Å². The van der Waals surface area contributed by atoms with Crippen LogP contribution in [0, 0.1) is 0 Å². The summed E-state index contributed by atoms with van der Waals surface area (Å²) in [5.41, 5.74) is 3.02. The summed E-state index contributed by atoms with van der Waals surface area (Å²) in [5.74, 6) is -0.0287. The van der Waals surface area contributed by atoms with E-state index in [0.717, 1.165) is 16.7 Å². The van der Waals surface area contributed by atoms with Crippen LogP contribution in [-0.4, -0.2) is 24.0 Å². The average Bonchev–Trinajstić information content (AvgIpc) is 2.74. The third-order valence-corrected chi connectivity index (χ3v) is 5.82. The number of rotatable bonds is 4. The Morgan fingerprint density at radius 2 is 1.38 bits per heavy atom. The van der Waals surface area contributed by atoms with Crippen molar-refractivity contribution in [2.24, 2.45) is 0 Å². The number of hydrogen-bond donors (Lipinski definition) is 0. The Bertz CT molecular complexity index is 974. The third kappa shape index (κ3) is 4.32. The van der Waals surface area contributed by atoms with Crippen molar-refractivity contribution >= 4 is 29.1 Å². The largest absolute Gasteiger partial charge is 0.358 e. The van der Waals surface area contributed by atoms with Crippen molar-refractivity contribution < 1.29 is 9.53 Å². The molecule has 0 N–H and O–H groups in total. The Kier molecular flexibility index (Phi) is 5.91. The molecule has 3 atom stereocenters. The average molecular weight is 426 g/mol. The number of carbonyl (C=O) groups excluding carboxylic acids is 1. The summed E-state index contributed by atoms with van der Waals surface area (Å²) >= 11 is 12.2. The Balaban J connectivity index is 1.71. The third-order valence-electron chi connectivity index (χ3n) is 5.31. The van der Waals surface area contributed by atoms with Gasteiger partial charge in [0.25, 0.3) is 5.91 Å². The zero-order valence-corrected chi connectivity index (χ0v) is 17.5. The number of carbonyl (C=O) groups is 1. The Morgan fingerprint density at radius 3 is 1.97 bits per heavy atom. The maximum Gasteiger partial charge on any atom is 0.252 e. The Hall–Kier alpha value is -2.33. The molecule has 1 aliphatic heterocycles. The summed E-state index contributed by atoms with van der Waals surface area (Å²) in [6, 6.07) is 24.9. The number of nitrogens with zero attached hydrogens (tertiary/aromatic N) is 1. The molecule has 29 heavy (non-hydrogen) atoms. The van der Waals surface area contributed by atoms with Crippen LogP contribution in [0.2, 0.25) is 10.0 Å². The molecule has 3 nitrogen and oxygen atoms in total. The van der Waals surface area contributed by atoms with E-state index in [0.29, 0.717) is 16.5 Å². The minimum atomic E-state index is -0.549. The normalized spacial score (nSPS) is 22.0. The molecule has 5 heteroatoms. The molecule has 3 unspecified atom stereocenters. The molecule has 0 spiro atoms. The highest BCUT2D eigenvalue weighted by atomic mass is 35.5. The predicted molar refractivity (Wildman–Crippen MR) is 116 cm³/mol. The highest BCUT2D eigenvalue weighted by Gasteiger charge is 2.42. The van der Waals surface area contributed by atoms with Crippen LogP contribution < -0.4 is 0 Å². The molecule has 0 radical (unpaired) electrons. The van der Waals surface area contributed by atoms with Gasteiger partial charge in [-0.1, -0.05) is 77.8 Å². The van der Waals surface area contributed by atoms with E-state index >= 15 is 0 Å². The van der Waals surface area contributed by atoms with E-state index in [1.54, 1.807) is 4.90 Å². The molecule has 4 rings (SSSR count). The topological polar surface area (TPSA) is 29.5 Å². The molecular weight excluding hydrogens is 405 g/mol. The van der Waals surface area contributed by atoms with Gasteiger partial charge in [0, 0.05) is 23.5 Å². The minimum Gasteiger partial charge on any atom is -0.358 e. The van der Waals surface area contributed by atoms with Crippen LogP contribution in [-0.2, 0) is 16.0 Å². The van der Waals surface area contributed by atoms with Crippen LogP contribution in [0.1, 0.15) is 28.8 Å². The van der Waals surface area contributed by atoms with Gasteiger partial charge in [-0.05, 0) is 41.0 Å². The molecule has 0 bridgehead atoms. The van der Waals surface area contributed by atoms with E-state index in [9.17, 15) is 4.79 Å². The van der Waals surface area contributed by atoms with Gasteiger partial charge in [0.2, 0.25) is 0 Å². The van der Waals surface area contributed by atoms with Gasteiger partial charge in [0.1, 0.15) is 12.2 Å². The lowest BCUT2D eigenvalue weighted by molar-refractivity contribution is -0.171. The van der Waals surface area contributed by atoms with E-state index in [4.69, 9.17) is 27.9 Å². The van der Waals surface area contributed by atoms with Crippen molar-refractivity contribution in [3.8, 4) is 0 Å². The quantitative estimate of drug-likeness (QED) is 0.522. The fraction of sp³-hybridized carbons (Fsp3) is 0.208. The van der Waals surface area contributed by atoms with Gasteiger partial charge in [0.15, 0.2) is 0 Å². The molecular formula is C24H21Cl2NO2. The van der Waals surface area contributed by atoms with Gasteiger partial charge < -0.3 is 9.64 Å². The number of morpholine rings is 1. The van der Waals surface area contributed by atoms with Crippen LogP contribution >= 0.6 is 23.2 Å². The van der Waals surface area contributed by atoms with Crippen molar-refractivity contribution in [1.82, 2.24) is 4.90 Å². The number of ether oxygens (including phenoxy) is 1. The van der Waals surface area contributed by atoms with Gasteiger partial charge in [-0.3, -0.25) is 4.79 Å². The highest BCUT2D eigenvalue weighted by molar-refractivity contribution is 6.30. The van der Waals surface area contributed by atoms with Crippen LogP contribution in [0.5, 0.6) is 0 Å². The molecule has 0 saturated carbocycles. The second-order valence-electron chi connectivity index (χ2n) is 7.23. The molecule has 0 aromatic heterocycles. The number of likely N-dealkylation sites (N-methyl/N-ethyl adjacent to an activating group) is 1. The maximum absolute atomic E-state index is 13.2. The number of benzene rings is 3. The van der Waals surface area contributed by atoms with E-state index in [-0.39, 0.29) is 18.1 Å². The summed E-state index contributed by atoms with van der Waals surface area (Å²) in [6.45, 7) is 0. The molecule has 1 fully saturated rings. The van der Waals surface area contributed by atoms with Gasteiger partial charge in [0.05, 0.1) is 6.04 Å². The molecule has 1 heterocycles. The molecule has 148 valence electrons. The van der Waals surface area contributed by atoms with Gasteiger partial charge in [-0.2, -0.15) is 0 Å². The molecule has 1 saturated heterocycles. The first-order valence-corrected chi connectivity index (χ1v) is 10.3. The Morgan fingerprint density at radius 1 is 0.828 bits per heavy atom. The summed E-state index contributed by atoms with van der Waals surface area (Å²) in [5, 5.41) is 1.32. The zero-order chi connectivity index (χ0) is 20.4. The number of hydrogen-bond acceptors (Lipinski definition) is 2. The molecule has 0 aliphatic carbocycles. The highest BCUT2D eigenvalue weighted by Crippen LogP contribution is 2.42. The molecule has 3 aromatic carbocycles. The van der Waals surface area contributed by atoms with Crippen molar-refractivity contribution in [3.63, 3.8) is 0 Å². The summed E-state index contributed by atoms with van der Waals surface area (Å²) in [7, 11) is 1.84. The minimum absolute atomic E-state index is 0.0287. The first kappa shape index (κ1) is 20.0. The standard InChI is InChI=1S/C24H21Cl2NO2/c1-27-22(17-7-11-19(25)12-8-17)23(18-9-13-20(26)14-10-18)29-21(24(27)28)15-16-5-3-2-4-6-16/h2-14,21-23H,15H2,1H3. The van der Waals surface area contributed by atoms with Crippen LogP contribution in [0.4, 0.5) is 0 Å². The first-order valence-electron chi connectivity index (χ1n) is 9.50. The maximum atomic E-state index is 13.2. The van der Waals surface area contributed by atoms with E-state index < -0.39 is 6.10 Å². The molecule has 3 aromatic rings. The summed E-state index contributed by atoms with van der Waals surface area (Å²) in [6.07, 6.45) is -0.335. The molecule has 1 aliphatic rings. The fourth-order valence-electron chi connectivity index (χ4n) is 3.81. The first-order chi connectivity index (χ1) is 14.0. The second-order valence-corrected chi connectivity index (χ2v) is 8.11. The predicted octanol–water partition coefficient (Wildman–Crippen LogP) is 5.88. The van der Waals surface area contributed by atoms with Crippen molar-refractivity contribution in [1.29, 1.82) is 0 Å². The second kappa shape index (κ2) is 8.58. The lowest BCUT2D eigenvalue weighted by Crippen LogP contribution is -2.49. The molecule has 1 amide bonds. The van der Waals surface area contributed by atoms with Crippen molar-refractivity contribution in [3.05, 3.63) is 106 Å². The lowest BCUT2D eigenvalue weighted by atomic mass is 9.91. The zero-order valence-electron chi connectivity index (χ0n) is 16.0. The number of amides is 1. The van der Waals surface area contributed by atoms with Gasteiger partial charge in [-0.25, -0.2) is 0 Å². The van der Waals surface area contributed by atoms with Gasteiger partial charge in [-0.15, -0.1) is 0 Å². The number of halogens is 2. The fourth-order valence-corrected chi connectivity index (χ4v) is 4.06. The van der Waals surface area contributed by atoms with Crippen molar-refractivity contribution in [2.45, 2.75) is 24.7 Å². The van der Waals surface area contributed by atoms with E-state index in [2.05, 4.69) is 0 Å². The van der Waals surface area contributed by atoms with E-state index in [1.807, 2.05) is 85.9 Å². The van der Waals surface area contributed by atoms with Gasteiger partial charge >= 0.3 is 0 Å². The smallest absolute Gasteiger partial charge is 0.252 e. The van der Waals surface area contributed by atoms with E-state index in [1.165, 1.54) is 0 Å². The lowest BCUT2D eigenvalue weighted by Gasteiger charge is -2.43. The summed E-state index contributed by atoms with van der Waals surface area (Å²) < 4.78 is 6.43. The SMILES string of the molecule is CN1C(=O)C(Cc2ccccc2)OC(c2ccc(Cl)cc2)C1c1ccc(Cl)cc1. The van der Waals surface area contributed by atoms with Crippen molar-refractivity contribution in [2.75, 3.05) is 7.05 Å². The Labute approximate surface area is 180 Å². The van der Waals surface area contributed by atoms with Crippen LogP contribution in [0.15, 0.2) is 78.9 Å². The monoisotopic (exact) mass is 425 g/mol.